The van der Waals surface area contributed by atoms with Gasteiger partial charge in [-0.2, -0.15) is 4.39 Å². The predicted molar refractivity (Wildman–Crippen MR) is 95.2 cm³/mol. The Labute approximate surface area is 159 Å². The monoisotopic (exact) mass is 395 g/mol. The van der Waals surface area contributed by atoms with Gasteiger partial charge in [0.25, 0.3) is 5.91 Å². The van der Waals surface area contributed by atoms with Crippen molar-refractivity contribution >= 4 is 11.7 Å². The van der Waals surface area contributed by atoms with Crippen molar-refractivity contribution in [3.05, 3.63) is 59.7 Å². The Morgan fingerprint density at radius 3 is 2.43 bits per heavy atom. The molecule has 0 spiro atoms. The minimum Gasteiger partial charge on any atom is -0.480 e. The molecule has 0 aliphatic heterocycles. The van der Waals surface area contributed by atoms with Crippen LogP contribution in [0.25, 0.3) is 0 Å². The molecule has 0 fully saturated rings. The Morgan fingerprint density at radius 1 is 1.07 bits per heavy atom. The third kappa shape index (κ3) is 5.78. The maximum atomic E-state index is 13.7. The van der Waals surface area contributed by atoms with Crippen LogP contribution in [0.1, 0.15) is 29.6 Å². The van der Waals surface area contributed by atoms with Gasteiger partial charge < -0.3 is 15.8 Å². The molecule has 1 aromatic heterocycles. The maximum Gasteiger partial charge on any atom is 0.251 e. The Balaban J connectivity index is 2.06. The van der Waals surface area contributed by atoms with Crippen molar-refractivity contribution in [2.45, 2.75) is 25.3 Å². The van der Waals surface area contributed by atoms with E-state index < -0.39 is 47.5 Å². The van der Waals surface area contributed by atoms with Gasteiger partial charge in [0.2, 0.25) is 5.82 Å². The van der Waals surface area contributed by atoms with Crippen molar-refractivity contribution in [3.63, 3.8) is 0 Å². The first-order valence-corrected chi connectivity index (χ1v) is 8.64. The summed E-state index contributed by atoms with van der Waals surface area (Å²) < 4.78 is 45.4. The average Bonchev–Trinajstić information content (AvgIpc) is 2.70. The Kier molecular flexibility index (Phi) is 7.94. The normalized spacial score (nSPS) is 11.7. The summed E-state index contributed by atoms with van der Waals surface area (Å²) in [6, 6.07) is 3.31. The van der Waals surface area contributed by atoms with Crippen molar-refractivity contribution in [1.82, 2.24) is 10.3 Å². The van der Waals surface area contributed by atoms with E-state index in [4.69, 9.17) is 10.5 Å². The van der Waals surface area contributed by atoms with Gasteiger partial charge in [-0.25, -0.2) is 8.78 Å². The van der Waals surface area contributed by atoms with E-state index in [1.165, 1.54) is 24.5 Å². The molecule has 6 nitrogen and oxygen atoms in total. The van der Waals surface area contributed by atoms with E-state index in [9.17, 15) is 22.8 Å². The molecule has 0 unspecified atom stereocenters. The number of carbonyl (C=O) groups is 2. The molecule has 0 saturated heterocycles. The summed E-state index contributed by atoms with van der Waals surface area (Å²) in [5.74, 6) is -6.04. The molecule has 9 heteroatoms. The molecule has 0 saturated carbocycles. The molecule has 1 aromatic carbocycles. The number of nitrogens with two attached hydrogens (primary N) is 1. The van der Waals surface area contributed by atoms with Gasteiger partial charge in [0.05, 0.1) is 6.04 Å². The first kappa shape index (κ1) is 21.4. The van der Waals surface area contributed by atoms with Crippen LogP contribution in [0.2, 0.25) is 0 Å². The van der Waals surface area contributed by atoms with Crippen molar-refractivity contribution in [2.75, 3.05) is 13.2 Å². The zero-order valence-electron chi connectivity index (χ0n) is 15.0. The predicted octanol–water partition coefficient (Wildman–Crippen LogP) is 2.37. The molecule has 0 radical (unpaired) electrons. The molecule has 0 bridgehead atoms. The maximum absolute atomic E-state index is 13.7. The summed E-state index contributed by atoms with van der Waals surface area (Å²) in [6.45, 7) is -0.323. The fourth-order valence-corrected chi connectivity index (χ4v) is 2.44. The molecule has 150 valence electrons. The van der Waals surface area contributed by atoms with Crippen LogP contribution < -0.4 is 15.8 Å². The molecule has 1 atom stereocenters. The van der Waals surface area contributed by atoms with E-state index in [2.05, 4.69) is 10.3 Å². The number of carbonyl (C=O) groups excluding carboxylic acids is 2. The van der Waals surface area contributed by atoms with Crippen LogP contribution in [0.5, 0.6) is 5.75 Å². The third-order valence-corrected chi connectivity index (χ3v) is 3.94. The molecule has 3 N–H and O–H groups in total. The van der Waals surface area contributed by atoms with Crippen LogP contribution in [0.3, 0.4) is 0 Å². The highest BCUT2D eigenvalue weighted by Gasteiger charge is 2.23. The lowest BCUT2D eigenvalue weighted by Gasteiger charge is -2.18. The van der Waals surface area contributed by atoms with E-state index in [-0.39, 0.29) is 6.42 Å². The Morgan fingerprint density at radius 2 is 1.75 bits per heavy atom. The minimum absolute atomic E-state index is 0.268. The van der Waals surface area contributed by atoms with E-state index in [1.807, 2.05) is 0 Å². The molecular formula is C19H20F3N3O3. The molecule has 2 aromatic rings. The summed E-state index contributed by atoms with van der Waals surface area (Å²) in [4.78, 5) is 28.6. The van der Waals surface area contributed by atoms with Crippen molar-refractivity contribution in [3.8, 4) is 5.75 Å². The van der Waals surface area contributed by atoms with Gasteiger partial charge in [0.1, 0.15) is 6.61 Å². The fraction of sp³-hybridized carbons (Fsp3) is 0.316. The first-order valence-electron chi connectivity index (χ1n) is 8.64. The highest BCUT2D eigenvalue weighted by atomic mass is 19.2. The molecule has 1 heterocycles. The standard InChI is InChI=1S/C19H20F3N3O3/c20-13-4-5-14(21)18(17(13)22)28-11-16(26)15(3-1-2-8-23)25-19(27)12-6-9-24-10-7-12/h4-7,9-10,15H,1-3,8,11,23H2,(H,25,27)/t15-/m0/s1. The number of ketones is 1. The van der Waals surface area contributed by atoms with Gasteiger partial charge in [-0.15, -0.1) is 0 Å². The van der Waals surface area contributed by atoms with Crippen molar-refractivity contribution in [1.29, 1.82) is 0 Å². The molecule has 1 amide bonds. The van der Waals surface area contributed by atoms with Crippen molar-refractivity contribution in [2.24, 2.45) is 5.73 Å². The number of nitrogens with zero attached hydrogens (tertiary/aromatic N) is 1. The zero-order chi connectivity index (χ0) is 20.5. The van der Waals surface area contributed by atoms with Gasteiger partial charge in [0, 0.05) is 18.0 Å². The van der Waals surface area contributed by atoms with E-state index in [1.54, 1.807) is 0 Å². The number of nitrogens with one attached hydrogen (secondary N) is 1. The zero-order valence-corrected chi connectivity index (χ0v) is 15.0. The van der Waals surface area contributed by atoms with Gasteiger partial charge in [-0.1, -0.05) is 0 Å². The van der Waals surface area contributed by atoms with Gasteiger partial charge >= 0.3 is 0 Å². The number of ether oxygens (including phenoxy) is 1. The Hall–Kier alpha value is -2.94. The van der Waals surface area contributed by atoms with Gasteiger partial charge in [0.15, 0.2) is 23.2 Å². The van der Waals surface area contributed by atoms with Crippen LogP contribution in [-0.4, -0.2) is 35.9 Å². The number of amides is 1. The number of hydrogen-bond donors (Lipinski definition) is 2. The number of Topliss-reactive ketones (excluding diaryl/α,β-unsaturated/α-hetero) is 1. The van der Waals surface area contributed by atoms with Crippen LogP contribution >= 0.6 is 0 Å². The highest BCUT2D eigenvalue weighted by Crippen LogP contribution is 2.23. The van der Waals surface area contributed by atoms with Crippen LogP contribution in [-0.2, 0) is 4.79 Å². The quantitative estimate of drug-likeness (QED) is 0.476. The molecule has 28 heavy (non-hydrogen) atoms. The van der Waals surface area contributed by atoms with Crippen LogP contribution in [0.4, 0.5) is 13.2 Å². The topological polar surface area (TPSA) is 94.3 Å². The lowest BCUT2D eigenvalue weighted by molar-refractivity contribution is -0.123. The molecule has 0 aliphatic rings. The number of aromatic nitrogens is 1. The number of rotatable bonds is 10. The molecule has 2 rings (SSSR count). The van der Waals surface area contributed by atoms with E-state index >= 15 is 0 Å². The first-order chi connectivity index (χ1) is 13.4. The molecule has 0 aliphatic carbocycles. The summed E-state index contributed by atoms with van der Waals surface area (Å²) in [5, 5.41) is 2.57. The number of halogens is 3. The minimum atomic E-state index is -1.52. The number of hydrogen-bond acceptors (Lipinski definition) is 5. The summed E-state index contributed by atoms with van der Waals surface area (Å²) in [7, 11) is 0. The summed E-state index contributed by atoms with van der Waals surface area (Å²) in [5.41, 5.74) is 5.74. The summed E-state index contributed by atoms with van der Waals surface area (Å²) in [6.07, 6.45) is 4.30. The van der Waals surface area contributed by atoms with Crippen LogP contribution in [0.15, 0.2) is 36.7 Å². The number of benzene rings is 1. The third-order valence-electron chi connectivity index (χ3n) is 3.94. The number of pyridine rings is 1. The second-order valence-corrected chi connectivity index (χ2v) is 5.97. The fourth-order valence-electron chi connectivity index (χ4n) is 2.44. The van der Waals surface area contributed by atoms with Gasteiger partial charge in [-0.05, 0) is 50.1 Å². The van der Waals surface area contributed by atoms with Crippen molar-refractivity contribution < 1.29 is 27.5 Å². The smallest absolute Gasteiger partial charge is 0.251 e. The Bertz CT molecular complexity index is 819. The van der Waals surface area contributed by atoms with E-state index in [0.717, 1.165) is 0 Å². The molecular weight excluding hydrogens is 375 g/mol. The second-order valence-electron chi connectivity index (χ2n) is 5.97. The largest absolute Gasteiger partial charge is 0.480 e. The summed E-state index contributed by atoms with van der Waals surface area (Å²) >= 11 is 0. The second kappa shape index (κ2) is 10.4. The SMILES string of the molecule is NCCCC[C@H](NC(=O)c1ccncc1)C(=O)COc1c(F)ccc(F)c1F. The van der Waals surface area contributed by atoms with Gasteiger partial charge in [-0.3, -0.25) is 14.6 Å². The average molecular weight is 395 g/mol. The lowest BCUT2D eigenvalue weighted by Crippen LogP contribution is -2.43. The highest BCUT2D eigenvalue weighted by molar-refractivity contribution is 5.98. The number of unbranched alkanes of at least 4 members (excludes halogenated alkanes) is 1. The van der Waals surface area contributed by atoms with E-state index in [0.29, 0.717) is 37.1 Å². The lowest BCUT2D eigenvalue weighted by atomic mass is 10.0. The van der Waals surface area contributed by atoms with Crippen LogP contribution in [0, 0.1) is 17.5 Å².